The Kier molecular flexibility index (Phi) is 2.67. The van der Waals surface area contributed by atoms with Crippen molar-refractivity contribution >= 4 is 32.5 Å². The molecule has 0 radical (unpaired) electrons. The van der Waals surface area contributed by atoms with Gasteiger partial charge in [-0.1, -0.05) is 0 Å². The second-order valence-corrected chi connectivity index (χ2v) is 4.54. The van der Waals surface area contributed by atoms with Crippen molar-refractivity contribution < 1.29 is 4.92 Å². The first-order valence-electron chi connectivity index (χ1n) is 4.83. The highest BCUT2D eigenvalue weighted by Crippen LogP contribution is 2.28. The molecule has 0 fully saturated rings. The highest BCUT2D eigenvalue weighted by atomic mass is 79.9. The first-order chi connectivity index (χ1) is 7.50. The molecule has 0 atom stereocenters. The molecule has 0 amide bonds. The zero-order valence-corrected chi connectivity index (χ0v) is 10.4. The maximum atomic E-state index is 10.7. The number of non-ortho nitro benzene ring substituents is 1. The lowest BCUT2D eigenvalue weighted by atomic mass is 10.2. The van der Waals surface area contributed by atoms with Gasteiger partial charge in [0.15, 0.2) is 0 Å². The van der Waals surface area contributed by atoms with Crippen molar-refractivity contribution in [2.45, 2.75) is 19.9 Å². The zero-order chi connectivity index (χ0) is 11.9. The van der Waals surface area contributed by atoms with Gasteiger partial charge in [-0.15, -0.1) is 0 Å². The van der Waals surface area contributed by atoms with Gasteiger partial charge in [-0.3, -0.25) is 14.8 Å². The molecule has 0 bridgehead atoms. The van der Waals surface area contributed by atoms with Crippen molar-refractivity contribution in [3.05, 3.63) is 32.9 Å². The molecule has 0 unspecified atom stereocenters. The molecule has 0 saturated heterocycles. The van der Waals surface area contributed by atoms with E-state index in [0.717, 1.165) is 10.9 Å². The van der Waals surface area contributed by atoms with Crippen LogP contribution in [0.1, 0.15) is 19.9 Å². The van der Waals surface area contributed by atoms with Gasteiger partial charge >= 0.3 is 0 Å². The van der Waals surface area contributed by atoms with Gasteiger partial charge in [-0.05, 0) is 35.8 Å². The van der Waals surface area contributed by atoms with Crippen LogP contribution in [0, 0.1) is 10.1 Å². The van der Waals surface area contributed by atoms with Crippen LogP contribution in [0.15, 0.2) is 22.8 Å². The predicted molar refractivity (Wildman–Crippen MR) is 64.5 cm³/mol. The number of hydrogen-bond acceptors (Lipinski definition) is 3. The summed E-state index contributed by atoms with van der Waals surface area (Å²) in [5, 5.41) is 15.7. The molecule has 84 valence electrons. The lowest BCUT2D eigenvalue weighted by Crippen LogP contribution is -2.02. The van der Waals surface area contributed by atoms with Gasteiger partial charge in [0.05, 0.1) is 10.4 Å². The van der Waals surface area contributed by atoms with Gasteiger partial charge in [-0.2, -0.15) is 5.10 Å². The monoisotopic (exact) mass is 283 g/mol. The summed E-state index contributed by atoms with van der Waals surface area (Å²) in [4.78, 5) is 10.3. The molecule has 2 aromatic rings. The fourth-order valence-electron chi connectivity index (χ4n) is 1.60. The van der Waals surface area contributed by atoms with E-state index in [2.05, 4.69) is 21.0 Å². The molecule has 1 aromatic carbocycles. The van der Waals surface area contributed by atoms with E-state index in [9.17, 15) is 10.1 Å². The third-order valence-electron chi connectivity index (χ3n) is 2.34. The molecule has 0 aliphatic carbocycles. The summed E-state index contributed by atoms with van der Waals surface area (Å²) >= 11 is 3.31. The van der Waals surface area contributed by atoms with Crippen molar-refractivity contribution in [2.75, 3.05) is 0 Å². The average molecular weight is 284 g/mol. The summed E-state index contributed by atoms with van der Waals surface area (Å²) in [7, 11) is 0. The molecule has 1 heterocycles. The summed E-state index contributed by atoms with van der Waals surface area (Å²) in [6.45, 7) is 4.03. The van der Waals surface area contributed by atoms with Crippen LogP contribution >= 0.6 is 15.9 Å². The Morgan fingerprint density at radius 3 is 2.75 bits per heavy atom. The number of nitrogens with zero attached hydrogens (tertiary/aromatic N) is 3. The Labute approximate surface area is 100 Å². The van der Waals surface area contributed by atoms with Crippen molar-refractivity contribution in [1.29, 1.82) is 0 Å². The summed E-state index contributed by atoms with van der Waals surface area (Å²) in [5.74, 6) is 0. The van der Waals surface area contributed by atoms with Gasteiger partial charge in [0.2, 0.25) is 0 Å². The molecular weight excluding hydrogens is 274 g/mol. The standard InChI is InChI=1S/C10H10BrN3O2/c1-6(2)13-9-4-3-7(14(15)16)5-8(9)10(11)12-13/h3-6H,1-2H3. The summed E-state index contributed by atoms with van der Waals surface area (Å²) < 4.78 is 2.48. The van der Waals surface area contributed by atoms with E-state index in [0.29, 0.717) is 4.60 Å². The number of rotatable bonds is 2. The number of aromatic nitrogens is 2. The van der Waals surface area contributed by atoms with E-state index in [1.54, 1.807) is 6.07 Å². The number of benzene rings is 1. The van der Waals surface area contributed by atoms with Gasteiger partial charge in [-0.25, -0.2) is 0 Å². The average Bonchev–Trinajstić information content (AvgIpc) is 2.56. The van der Waals surface area contributed by atoms with Gasteiger partial charge < -0.3 is 0 Å². The van der Waals surface area contributed by atoms with E-state index in [4.69, 9.17) is 0 Å². The minimum absolute atomic E-state index is 0.0801. The van der Waals surface area contributed by atoms with Crippen LogP contribution in [-0.2, 0) is 0 Å². The fourth-order valence-corrected chi connectivity index (χ4v) is 2.09. The van der Waals surface area contributed by atoms with Crippen LogP contribution < -0.4 is 0 Å². The number of halogens is 1. The number of nitro groups is 1. The molecule has 0 saturated carbocycles. The lowest BCUT2D eigenvalue weighted by molar-refractivity contribution is -0.384. The van der Waals surface area contributed by atoms with E-state index in [-0.39, 0.29) is 11.7 Å². The number of fused-ring (bicyclic) bond motifs is 1. The molecule has 16 heavy (non-hydrogen) atoms. The molecule has 2 rings (SSSR count). The van der Waals surface area contributed by atoms with Crippen LogP contribution in [0.25, 0.3) is 10.9 Å². The Bertz CT molecular complexity index is 562. The zero-order valence-electron chi connectivity index (χ0n) is 8.85. The van der Waals surface area contributed by atoms with Crippen molar-refractivity contribution in [2.24, 2.45) is 0 Å². The van der Waals surface area contributed by atoms with E-state index < -0.39 is 4.92 Å². The number of nitro benzene ring substituents is 1. The van der Waals surface area contributed by atoms with Gasteiger partial charge in [0, 0.05) is 23.6 Å². The Morgan fingerprint density at radius 2 is 2.19 bits per heavy atom. The minimum atomic E-state index is -0.404. The van der Waals surface area contributed by atoms with Gasteiger partial charge in [0.1, 0.15) is 4.60 Å². The molecule has 0 aliphatic rings. The SMILES string of the molecule is CC(C)n1nc(Br)c2cc([N+](=O)[O-])ccc21. The van der Waals surface area contributed by atoms with Crippen LogP contribution in [0.2, 0.25) is 0 Å². The third kappa shape index (κ3) is 1.69. The highest BCUT2D eigenvalue weighted by molar-refractivity contribution is 9.10. The predicted octanol–water partition coefficient (Wildman–Crippen LogP) is 3.29. The normalized spacial score (nSPS) is 11.2. The van der Waals surface area contributed by atoms with E-state index in [1.165, 1.54) is 12.1 Å². The maximum Gasteiger partial charge on any atom is 0.270 e. The molecule has 6 heteroatoms. The molecule has 5 nitrogen and oxygen atoms in total. The second-order valence-electron chi connectivity index (χ2n) is 3.79. The molecule has 0 N–H and O–H groups in total. The van der Waals surface area contributed by atoms with Crippen LogP contribution in [-0.4, -0.2) is 14.7 Å². The van der Waals surface area contributed by atoms with Crippen LogP contribution in [0.3, 0.4) is 0 Å². The lowest BCUT2D eigenvalue weighted by Gasteiger charge is -2.05. The van der Waals surface area contributed by atoms with Crippen LogP contribution in [0.4, 0.5) is 5.69 Å². The summed E-state index contributed by atoms with van der Waals surface area (Å²) in [6, 6.07) is 4.97. The third-order valence-corrected chi connectivity index (χ3v) is 2.93. The second kappa shape index (κ2) is 3.86. The molecular formula is C10H10BrN3O2. The Hall–Kier alpha value is -1.43. The first-order valence-corrected chi connectivity index (χ1v) is 5.62. The van der Waals surface area contributed by atoms with Crippen molar-refractivity contribution in [3.8, 4) is 0 Å². The smallest absolute Gasteiger partial charge is 0.261 e. The number of hydrogen-bond donors (Lipinski definition) is 0. The quantitative estimate of drug-likeness (QED) is 0.628. The van der Waals surface area contributed by atoms with Gasteiger partial charge in [0.25, 0.3) is 5.69 Å². The maximum absolute atomic E-state index is 10.7. The Morgan fingerprint density at radius 1 is 1.50 bits per heavy atom. The first kappa shape index (κ1) is 11.1. The largest absolute Gasteiger partial charge is 0.270 e. The van der Waals surface area contributed by atoms with E-state index >= 15 is 0 Å². The Balaban J connectivity index is 2.71. The van der Waals surface area contributed by atoms with Crippen LogP contribution in [0.5, 0.6) is 0 Å². The topological polar surface area (TPSA) is 61.0 Å². The van der Waals surface area contributed by atoms with Crippen molar-refractivity contribution in [1.82, 2.24) is 9.78 Å². The highest BCUT2D eigenvalue weighted by Gasteiger charge is 2.14. The molecule has 1 aromatic heterocycles. The summed E-state index contributed by atoms with van der Waals surface area (Å²) in [5.41, 5.74) is 0.976. The van der Waals surface area contributed by atoms with E-state index in [1.807, 2.05) is 18.5 Å². The molecule has 0 aliphatic heterocycles. The fraction of sp³-hybridized carbons (Fsp3) is 0.300. The summed E-state index contributed by atoms with van der Waals surface area (Å²) in [6.07, 6.45) is 0. The van der Waals surface area contributed by atoms with Crippen molar-refractivity contribution in [3.63, 3.8) is 0 Å². The molecule has 0 spiro atoms. The minimum Gasteiger partial charge on any atom is -0.261 e.